The summed E-state index contributed by atoms with van der Waals surface area (Å²) in [6.45, 7) is 7.13. The molecule has 0 aliphatic carbocycles. The quantitative estimate of drug-likeness (QED) is 0.390. The first kappa shape index (κ1) is 26.0. The molecular weight excluding hydrogens is 522 g/mol. The number of thiocarbonyl (C=S) groups is 1. The molecule has 38 heavy (non-hydrogen) atoms. The Morgan fingerprint density at radius 3 is 2.45 bits per heavy atom. The lowest BCUT2D eigenvalue weighted by molar-refractivity contribution is 0.386. The molecule has 0 saturated carbocycles. The van der Waals surface area contributed by atoms with Crippen molar-refractivity contribution in [2.45, 2.75) is 20.4 Å². The van der Waals surface area contributed by atoms with Crippen molar-refractivity contribution in [2.75, 3.05) is 36.4 Å². The highest BCUT2D eigenvalue weighted by atomic mass is 35.5. The van der Waals surface area contributed by atoms with Crippen molar-refractivity contribution < 1.29 is 0 Å². The largest absolute Gasteiger partial charge is 0.345 e. The molecule has 3 heterocycles. The van der Waals surface area contributed by atoms with Gasteiger partial charge in [-0.25, -0.2) is 4.79 Å². The van der Waals surface area contributed by atoms with E-state index in [0.29, 0.717) is 60.0 Å². The number of anilines is 2. The minimum atomic E-state index is -0.413. The van der Waals surface area contributed by atoms with Crippen LogP contribution in [0.3, 0.4) is 0 Å². The number of hydrogen-bond donors (Lipinski definition) is 1. The fourth-order valence-electron chi connectivity index (χ4n) is 4.80. The van der Waals surface area contributed by atoms with E-state index in [0.717, 1.165) is 21.4 Å². The van der Waals surface area contributed by atoms with Crippen LogP contribution in [0.15, 0.2) is 52.1 Å². The third kappa shape index (κ3) is 4.69. The second-order valence-electron chi connectivity index (χ2n) is 9.69. The molecule has 11 heteroatoms. The van der Waals surface area contributed by atoms with E-state index in [1.54, 1.807) is 7.05 Å². The summed E-state index contributed by atoms with van der Waals surface area (Å²) < 4.78 is 4.41. The Labute approximate surface area is 230 Å². The summed E-state index contributed by atoms with van der Waals surface area (Å²) in [6, 6.07) is 13.8. The van der Waals surface area contributed by atoms with Crippen LogP contribution in [0.1, 0.15) is 16.7 Å². The molecule has 0 spiro atoms. The lowest BCUT2D eigenvalue weighted by atomic mass is 10.1. The van der Waals surface area contributed by atoms with Crippen LogP contribution in [0.2, 0.25) is 5.02 Å². The van der Waals surface area contributed by atoms with Gasteiger partial charge in [-0.1, -0.05) is 41.9 Å². The minimum absolute atomic E-state index is 0.353. The van der Waals surface area contributed by atoms with E-state index in [1.165, 1.54) is 17.2 Å². The minimum Gasteiger partial charge on any atom is -0.345 e. The lowest BCUT2D eigenvalue weighted by Gasteiger charge is -2.37. The predicted molar refractivity (Wildman–Crippen MR) is 157 cm³/mol. The average molecular weight is 552 g/mol. The molecule has 0 bridgehead atoms. The maximum atomic E-state index is 13.3. The summed E-state index contributed by atoms with van der Waals surface area (Å²) in [4.78, 5) is 35.0. The van der Waals surface area contributed by atoms with Gasteiger partial charge in [-0.15, -0.1) is 0 Å². The van der Waals surface area contributed by atoms with E-state index in [4.69, 9.17) is 28.8 Å². The van der Waals surface area contributed by atoms with E-state index in [2.05, 4.69) is 47.2 Å². The van der Waals surface area contributed by atoms with E-state index < -0.39 is 5.69 Å². The predicted octanol–water partition coefficient (Wildman–Crippen LogP) is 3.27. The number of imidazole rings is 1. The fourth-order valence-corrected chi connectivity index (χ4v) is 5.29. The molecule has 1 N–H and O–H groups in total. The number of rotatable bonds is 4. The highest BCUT2D eigenvalue weighted by Gasteiger charge is 2.27. The van der Waals surface area contributed by atoms with Crippen molar-refractivity contribution in [1.82, 2.24) is 23.6 Å². The van der Waals surface area contributed by atoms with Crippen molar-refractivity contribution in [3.63, 3.8) is 0 Å². The zero-order valence-corrected chi connectivity index (χ0v) is 23.4. The van der Waals surface area contributed by atoms with Crippen LogP contribution in [0.25, 0.3) is 11.2 Å². The Balaban J connectivity index is 1.46. The monoisotopic (exact) mass is 551 g/mol. The number of fused-ring (bicyclic) bond motifs is 1. The number of hydrogen-bond acceptors (Lipinski definition) is 5. The van der Waals surface area contributed by atoms with Crippen molar-refractivity contribution in [3.8, 4) is 0 Å². The molecule has 2 aromatic heterocycles. The Morgan fingerprint density at radius 1 is 1.03 bits per heavy atom. The van der Waals surface area contributed by atoms with Gasteiger partial charge in [0.25, 0.3) is 5.56 Å². The lowest BCUT2D eigenvalue weighted by Crippen LogP contribution is -2.50. The van der Waals surface area contributed by atoms with Crippen LogP contribution in [0.4, 0.5) is 11.6 Å². The molecule has 0 amide bonds. The second kappa shape index (κ2) is 10.3. The summed E-state index contributed by atoms with van der Waals surface area (Å²) in [5, 5.41) is 4.68. The number of aromatic nitrogens is 4. The molecule has 2 aromatic carbocycles. The molecule has 1 aliphatic rings. The zero-order chi connectivity index (χ0) is 27.1. The third-order valence-corrected chi connectivity index (χ3v) is 7.83. The van der Waals surface area contributed by atoms with Crippen LogP contribution in [-0.2, 0) is 20.6 Å². The van der Waals surface area contributed by atoms with Crippen LogP contribution >= 0.6 is 23.8 Å². The molecule has 9 nitrogen and oxygen atoms in total. The van der Waals surface area contributed by atoms with E-state index >= 15 is 0 Å². The SMILES string of the molecule is Cc1ccc(C)c(NC(=S)N2CCN(c3nc4c(c(=O)n(C)c(=O)n4C)n3Cc3ccccc3Cl)CC2)c1. The molecule has 198 valence electrons. The molecule has 4 aromatic rings. The summed E-state index contributed by atoms with van der Waals surface area (Å²) in [7, 11) is 3.12. The number of aryl methyl sites for hydroxylation is 3. The maximum absolute atomic E-state index is 13.3. The topological polar surface area (TPSA) is 80.3 Å². The first-order chi connectivity index (χ1) is 18.2. The Morgan fingerprint density at radius 2 is 1.74 bits per heavy atom. The number of halogens is 1. The first-order valence-electron chi connectivity index (χ1n) is 12.4. The Kier molecular flexibility index (Phi) is 7.02. The Bertz CT molecular complexity index is 1660. The molecule has 0 atom stereocenters. The summed E-state index contributed by atoms with van der Waals surface area (Å²) >= 11 is 12.2. The normalized spacial score (nSPS) is 13.8. The fraction of sp³-hybridized carbons (Fsp3) is 0.333. The van der Waals surface area contributed by atoms with Gasteiger partial charge in [0.05, 0.1) is 6.54 Å². The number of nitrogens with zero attached hydrogens (tertiary/aromatic N) is 6. The molecular formula is C27H30ClN7O2S. The smallest absolute Gasteiger partial charge is 0.332 e. The summed E-state index contributed by atoms with van der Waals surface area (Å²) in [5.41, 5.74) is 4.11. The Hall–Kier alpha value is -3.63. The molecule has 0 radical (unpaired) electrons. The maximum Gasteiger partial charge on any atom is 0.332 e. The van der Waals surface area contributed by atoms with Crippen molar-refractivity contribution in [1.29, 1.82) is 0 Å². The summed E-state index contributed by atoms with van der Waals surface area (Å²) in [6.07, 6.45) is 0. The highest BCUT2D eigenvalue weighted by Crippen LogP contribution is 2.25. The zero-order valence-electron chi connectivity index (χ0n) is 21.9. The first-order valence-corrected chi connectivity index (χ1v) is 13.2. The van der Waals surface area contributed by atoms with Gasteiger partial charge >= 0.3 is 5.69 Å². The van der Waals surface area contributed by atoms with Gasteiger partial charge in [0, 0.05) is 51.0 Å². The summed E-state index contributed by atoms with van der Waals surface area (Å²) in [5.74, 6) is 0.631. The van der Waals surface area contributed by atoms with Crippen LogP contribution < -0.4 is 21.5 Å². The third-order valence-electron chi connectivity index (χ3n) is 7.10. The molecule has 5 rings (SSSR count). The molecule has 1 aliphatic heterocycles. The standard InChI is InChI=1S/C27H30ClN7O2S/c1-17-9-10-18(2)21(15-17)29-26(38)34-13-11-33(12-14-34)25-30-23-22(24(36)32(4)27(37)31(23)3)35(25)16-19-7-5-6-8-20(19)28/h5-10,15H,11-14,16H2,1-4H3,(H,29,38). The van der Waals surface area contributed by atoms with Gasteiger partial charge in [-0.05, 0) is 54.9 Å². The van der Waals surface area contributed by atoms with Gasteiger partial charge in [0.2, 0.25) is 5.95 Å². The number of piperazine rings is 1. The van der Waals surface area contributed by atoms with Crippen LogP contribution in [0, 0.1) is 13.8 Å². The molecule has 1 fully saturated rings. The van der Waals surface area contributed by atoms with Crippen molar-refractivity contribution in [3.05, 3.63) is 85.0 Å². The van der Waals surface area contributed by atoms with E-state index in [9.17, 15) is 9.59 Å². The van der Waals surface area contributed by atoms with Gasteiger partial charge in [-0.2, -0.15) is 4.98 Å². The molecule has 0 unspecified atom stereocenters. The highest BCUT2D eigenvalue weighted by molar-refractivity contribution is 7.80. The van der Waals surface area contributed by atoms with Gasteiger partial charge in [0.15, 0.2) is 16.3 Å². The second-order valence-corrected chi connectivity index (χ2v) is 10.5. The van der Waals surface area contributed by atoms with Gasteiger partial charge in [-0.3, -0.25) is 18.5 Å². The van der Waals surface area contributed by atoms with Crippen LogP contribution in [-0.4, -0.2) is 54.9 Å². The number of nitrogens with one attached hydrogen (secondary N) is 1. The van der Waals surface area contributed by atoms with Gasteiger partial charge < -0.3 is 15.1 Å². The van der Waals surface area contributed by atoms with Gasteiger partial charge in [0.1, 0.15) is 0 Å². The van der Waals surface area contributed by atoms with E-state index in [1.807, 2.05) is 28.8 Å². The van der Waals surface area contributed by atoms with Crippen molar-refractivity contribution >= 4 is 51.7 Å². The average Bonchev–Trinajstić information content (AvgIpc) is 3.29. The number of benzene rings is 2. The van der Waals surface area contributed by atoms with E-state index in [-0.39, 0.29) is 5.56 Å². The molecule has 1 saturated heterocycles. The van der Waals surface area contributed by atoms with Crippen LogP contribution in [0.5, 0.6) is 0 Å². The van der Waals surface area contributed by atoms with Crippen molar-refractivity contribution in [2.24, 2.45) is 14.1 Å².